The van der Waals surface area contributed by atoms with Crippen molar-refractivity contribution in [3.63, 3.8) is 0 Å². The van der Waals surface area contributed by atoms with E-state index in [1.54, 1.807) is 12.1 Å². The molecule has 0 spiro atoms. The van der Waals surface area contributed by atoms with Crippen molar-refractivity contribution in [3.05, 3.63) is 29.8 Å². The maximum atomic E-state index is 11.9. The van der Waals surface area contributed by atoms with E-state index in [1.165, 1.54) is 26.0 Å². The summed E-state index contributed by atoms with van der Waals surface area (Å²) in [4.78, 5) is 11.1. The largest absolute Gasteiger partial charge is 0.297 e. The Balaban J connectivity index is 2.94. The molecular weight excluding hydrogens is 264 g/mol. The molecule has 2 unspecified atom stereocenters. The van der Waals surface area contributed by atoms with Crippen molar-refractivity contribution < 1.29 is 17.4 Å². The summed E-state index contributed by atoms with van der Waals surface area (Å²) >= 11 is 0. The highest BCUT2D eigenvalue weighted by molar-refractivity contribution is 7.86. The van der Waals surface area contributed by atoms with Crippen LogP contribution in [0.5, 0.6) is 0 Å². The Bertz CT molecular complexity index is 531. The molecule has 0 aromatic heterocycles. The topological polar surface area (TPSA) is 60.4 Å². The van der Waals surface area contributed by atoms with Gasteiger partial charge in [-0.1, -0.05) is 26.0 Å². The molecule has 2 atom stereocenters. The average Bonchev–Trinajstić information content (AvgIpc) is 2.37. The fourth-order valence-corrected chi connectivity index (χ4v) is 2.61. The van der Waals surface area contributed by atoms with E-state index in [2.05, 4.69) is 13.8 Å². The average molecular weight is 284 g/mol. The van der Waals surface area contributed by atoms with Gasteiger partial charge < -0.3 is 0 Å². The first kappa shape index (κ1) is 15.9. The van der Waals surface area contributed by atoms with Gasteiger partial charge >= 0.3 is 0 Å². The van der Waals surface area contributed by atoms with Crippen LogP contribution in [-0.2, 0) is 19.1 Å². The molecular formula is C14H20O4S. The van der Waals surface area contributed by atoms with Gasteiger partial charge in [0.2, 0.25) is 0 Å². The first-order valence-electron chi connectivity index (χ1n) is 6.31. The lowest BCUT2D eigenvalue weighted by Gasteiger charge is -2.12. The molecule has 1 rings (SSSR count). The zero-order valence-electron chi connectivity index (χ0n) is 11.7. The van der Waals surface area contributed by atoms with Crippen LogP contribution >= 0.6 is 0 Å². The number of benzene rings is 1. The van der Waals surface area contributed by atoms with Crippen LogP contribution in [0, 0.1) is 0 Å². The van der Waals surface area contributed by atoms with Crippen molar-refractivity contribution in [1.29, 1.82) is 0 Å². The molecule has 0 bridgehead atoms. The summed E-state index contributed by atoms with van der Waals surface area (Å²) in [5.74, 6) is 0.0635. The molecule has 1 aromatic carbocycles. The second-order valence-corrected chi connectivity index (χ2v) is 6.25. The summed E-state index contributed by atoms with van der Waals surface area (Å²) in [5, 5.41) is 0. The van der Waals surface area contributed by atoms with E-state index in [4.69, 9.17) is 4.18 Å². The summed E-state index contributed by atoms with van der Waals surface area (Å²) < 4.78 is 28.7. The van der Waals surface area contributed by atoms with Gasteiger partial charge in [-0.25, -0.2) is 0 Å². The minimum atomic E-state index is -3.87. The predicted octanol–water partition coefficient (Wildman–Crippen LogP) is 2.88. The molecule has 0 N–H and O–H groups in total. The molecule has 19 heavy (non-hydrogen) atoms. The molecule has 1 aromatic rings. The van der Waals surface area contributed by atoms with E-state index >= 15 is 0 Å². The third-order valence-electron chi connectivity index (χ3n) is 3.19. The van der Waals surface area contributed by atoms with Crippen molar-refractivity contribution in [2.24, 2.45) is 0 Å². The summed E-state index contributed by atoms with van der Waals surface area (Å²) in [6.45, 7) is 6.88. The SMILES string of the molecule is CCC(C)c1ccc(S(=O)(=O)OC(C)C(C)=O)cc1. The number of carbonyl (C=O) groups excluding carboxylic acids is 1. The highest BCUT2D eigenvalue weighted by Crippen LogP contribution is 2.21. The van der Waals surface area contributed by atoms with Crippen molar-refractivity contribution in [3.8, 4) is 0 Å². The molecule has 106 valence electrons. The first-order chi connectivity index (χ1) is 8.77. The molecule has 0 aliphatic carbocycles. The Kier molecular flexibility index (Phi) is 5.26. The highest BCUT2D eigenvalue weighted by atomic mass is 32.2. The minimum absolute atomic E-state index is 0.0765. The number of ketones is 1. The van der Waals surface area contributed by atoms with E-state index in [-0.39, 0.29) is 10.7 Å². The van der Waals surface area contributed by atoms with Crippen molar-refractivity contribution in [2.75, 3.05) is 0 Å². The molecule has 0 aliphatic rings. The van der Waals surface area contributed by atoms with E-state index in [1.807, 2.05) is 0 Å². The number of carbonyl (C=O) groups is 1. The van der Waals surface area contributed by atoms with Crippen molar-refractivity contribution >= 4 is 15.9 Å². The fourth-order valence-electron chi connectivity index (χ4n) is 1.51. The Hall–Kier alpha value is -1.20. The predicted molar refractivity (Wildman–Crippen MR) is 73.6 cm³/mol. The quantitative estimate of drug-likeness (QED) is 0.754. The van der Waals surface area contributed by atoms with Crippen LogP contribution in [0.3, 0.4) is 0 Å². The van der Waals surface area contributed by atoms with Crippen LogP contribution in [-0.4, -0.2) is 20.3 Å². The van der Waals surface area contributed by atoms with E-state index in [0.29, 0.717) is 5.92 Å². The van der Waals surface area contributed by atoms with Crippen LogP contribution < -0.4 is 0 Å². The van der Waals surface area contributed by atoms with Crippen molar-refractivity contribution in [2.45, 2.75) is 51.0 Å². The third-order valence-corrected chi connectivity index (χ3v) is 4.59. The number of rotatable bonds is 6. The maximum absolute atomic E-state index is 11.9. The van der Waals surface area contributed by atoms with E-state index in [0.717, 1.165) is 12.0 Å². The lowest BCUT2D eigenvalue weighted by molar-refractivity contribution is -0.122. The molecule has 0 saturated carbocycles. The van der Waals surface area contributed by atoms with Crippen molar-refractivity contribution in [1.82, 2.24) is 0 Å². The second-order valence-electron chi connectivity index (χ2n) is 4.68. The number of Topliss-reactive ketones (excluding diaryl/α,β-unsaturated/α-hetero) is 1. The molecule has 4 nitrogen and oxygen atoms in total. The fraction of sp³-hybridized carbons (Fsp3) is 0.500. The number of hydrogen-bond acceptors (Lipinski definition) is 4. The molecule has 0 amide bonds. The molecule has 0 saturated heterocycles. The molecule has 0 heterocycles. The monoisotopic (exact) mass is 284 g/mol. The summed E-state index contributed by atoms with van der Waals surface area (Å²) in [6, 6.07) is 6.60. The Morgan fingerprint density at radius 1 is 1.21 bits per heavy atom. The number of hydrogen-bond donors (Lipinski definition) is 0. The van der Waals surface area contributed by atoms with Gasteiger partial charge in [0, 0.05) is 0 Å². The zero-order chi connectivity index (χ0) is 14.6. The van der Waals surface area contributed by atoms with E-state index < -0.39 is 16.2 Å². The van der Waals surface area contributed by atoms with Crippen LogP contribution in [0.1, 0.15) is 45.6 Å². The zero-order valence-corrected chi connectivity index (χ0v) is 12.5. The smallest absolute Gasteiger partial charge is 0.297 e. The van der Waals surface area contributed by atoms with Gasteiger partial charge in [-0.15, -0.1) is 0 Å². The lowest BCUT2D eigenvalue weighted by Crippen LogP contribution is -2.22. The Labute approximate surface area is 114 Å². The lowest BCUT2D eigenvalue weighted by atomic mass is 9.99. The summed E-state index contributed by atoms with van der Waals surface area (Å²) in [7, 11) is -3.87. The first-order valence-corrected chi connectivity index (χ1v) is 7.72. The van der Waals surface area contributed by atoms with Gasteiger partial charge in [0.15, 0.2) is 5.78 Å². The molecule has 0 fully saturated rings. The van der Waals surface area contributed by atoms with E-state index in [9.17, 15) is 13.2 Å². The van der Waals surface area contributed by atoms with Crippen LogP contribution in [0.2, 0.25) is 0 Å². The molecule has 0 radical (unpaired) electrons. The van der Waals surface area contributed by atoms with Crippen LogP contribution in [0.25, 0.3) is 0 Å². The van der Waals surface area contributed by atoms with Gasteiger partial charge in [-0.05, 0) is 43.9 Å². The Morgan fingerprint density at radius 3 is 2.16 bits per heavy atom. The third kappa shape index (κ3) is 4.14. The van der Waals surface area contributed by atoms with Gasteiger partial charge in [-0.2, -0.15) is 8.42 Å². The standard InChI is InChI=1S/C14H20O4S/c1-5-10(2)13-6-8-14(9-7-13)19(16,17)18-12(4)11(3)15/h6-10,12H,5H2,1-4H3. The summed E-state index contributed by atoms with van der Waals surface area (Å²) in [5.41, 5.74) is 1.08. The van der Waals surface area contributed by atoms with Crippen LogP contribution in [0.15, 0.2) is 29.2 Å². The van der Waals surface area contributed by atoms with Gasteiger partial charge in [0.1, 0.15) is 6.10 Å². The summed E-state index contributed by atoms with van der Waals surface area (Å²) in [6.07, 6.45) is 0.0310. The van der Waals surface area contributed by atoms with Gasteiger partial charge in [-0.3, -0.25) is 8.98 Å². The normalized spacial score (nSPS) is 14.9. The van der Waals surface area contributed by atoms with Gasteiger partial charge in [0.05, 0.1) is 4.90 Å². The minimum Gasteiger partial charge on any atom is -0.297 e. The Morgan fingerprint density at radius 2 is 1.74 bits per heavy atom. The maximum Gasteiger partial charge on any atom is 0.297 e. The highest BCUT2D eigenvalue weighted by Gasteiger charge is 2.21. The molecule has 0 aliphatic heterocycles. The molecule has 5 heteroatoms. The van der Waals surface area contributed by atoms with Crippen LogP contribution in [0.4, 0.5) is 0 Å². The second kappa shape index (κ2) is 6.30. The van der Waals surface area contributed by atoms with Gasteiger partial charge in [0.25, 0.3) is 10.1 Å².